The number of amides is 1. The highest BCUT2D eigenvalue weighted by Crippen LogP contribution is 2.44. The lowest BCUT2D eigenvalue weighted by Gasteiger charge is -2.39. The Morgan fingerprint density at radius 1 is 1.67 bits per heavy atom. The summed E-state index contributed by atoms with van der Waals surface area (Å²) in [5.41, 5.74) is -0.758. The molecule has 0 aromatic rings. The van der Waals surface area contributed by atoms with Crippen molar-refractivity contribution in [2.45, 2.75) is 26.7 Å². The van der Waals surface area contributed by atoms with Crippen LogP contribution in [-0.2, 0) is 9.53 Å². The Morgan fingerprint density at radius 3 is 2.80 bits per heavy atom. The number of carbonyl (C=O) groups excluding carboxylic acids is 1. The summed E-state index contributed by atoms with van der Waals surface area (Å²) < 4.78 is 5.11. The number of carbonyl (C=O) groups is 1. The zero-order valence-electron chi connectivity index (χ0n) is 9.38. The topological polar surface area (TPSA) is 62.1 Å². The fraction of sp³-hybridized carbons (Fsp3) is 0.818. The van der Waals surface area contributed by atoms with Crippen LogP contribution in [0.15, 0.2) is 0 Å². The molecule has 1 amide bonds. The predicted molar refractivity (Wildman–Crippen MR) is 55.9 cm³/mol. The van der Waals surface area contributed by atoms with Crippen LogP contribution in [0.2, 0.25) is 0 Å². The first-order valence-corrected chi connectivity index (χ1v) is 5.42. The molecule has 0 heterocycles. The molecule has 0 aliphatic heterocycles. The Kier molecular flexibility index (Phi) is 4.10. The molecule has 0 atom stereocenters. The molecule has 0 bridgehead atoms. The number of hydrogen-bond acceptors (Lipinski definition) is 3. The molecule has 4 nitrogen and oxygen atoms in total. The quantitative estimate of drug-likeness (QED) is 0.691. The highest BCUT2D eigenvalue weighted by Gasteiger charge is 2.48. The molecule has 1 rings (SSSR count). The van der Waals surface area contributed by atoms with Crippen molar-refractivity contribution in [3.8, 4) is 6.07 Å². The van der Waals surface area contributed by atoms with Crippen LogP contribution >= 0.6 is 0 Å². The van der Waals surface area contributed by atoms with E-state index in [0.29, 0.717) is 38.5 Å². The lowest BCUT2D eigenvalue weighted by molar-refractivity contribution is -0.134. The Bertz CT molecular complexity index is 264. The van der Waals surface area contributed by atoms with Gasteiger partial charge in [-0.15, -0.1) is 0 Å². The number of nitrogens with one attached hydrogen (secondary N) is 1. The van der Waals surface area contributed by atoms with E-state index in [-0.39, 0.29) is 5.91 Å². The van der Waals surface area contributed by atoms with Gasteiger partial charge >= 0.3 is 0 Å². The third-order valence-corrected chi connectivity index (χ3v) is 2.78. The molecule has 0 aromatic heterocycles. The third kappa shape index (κ3) is 2.69. The summed E-state index contributed by atoms with van der Waals surface area (Å²) in [7, 11) is 0. The average molecular weight is 210 g/mol. The van der Waals surface area contributed by atoms with E-state index in [1.54, 1.807) is 0 Å². The van der Waals surface area contributed by atoms with Crippen LogP contribution in [0.25, 0.3) is 0 Å². The molecule has 0 aromatic carbocycles. The Labute approximate surface area is 90.6 Å². The number of rotatable bonds is 5. The van der Waals surface area contributed by atoms with Crippen molar-refractivity contribution < 1.29 is 9.53 Å². The molecule has 0 radical (unpaired) electrons. The number of nitriles is 1. The normalized spacial score (nSPS) is 29.0. The fourth-order valence-corrected chi connectivity index (χ4v) is 2.01. The zero-order chi connectivity index (χ0) is 11.3. The van der Waals surface area contributed by atoms with Gasteiger partial charge in [-0.2, -0.15) is 5.26 Å². The van der Waals surface area contributed by atoms with E-state index in [0.717, 1.165) is 0 Å². The fourth-order valence-electron chi connectivity index (χ4n) is 2.01. The van der Waals surface area contributed by atoms with Crippen LogP contribution in [0.4, 0.5) is 0 Å². The van der Waals surface area contributed by atoms with E-state index in [4.69, 9.17) is 10.00 Å². The first-order valence-electron chi connectivity index (χ1n) is 5.42. The van der Waals surface area contributed by atoms with Crippen molar-refractivity contribution in [1.29, 1.82) is 5.26 Å². The van der Waals surface area contributed by atoms with Crippen LogP contribution in [-0.4, -0.2) is 25.7 Å². The summed E-state index contributed by atoms with van der Waals surface area (Å²) in [6, 6.07) is 2.13. The van der Waals surface area contributed by atoms with E-state index >= 15 is 0 Å². The molecular weight excluding hydrogens is 192 g/mol. The minimum Gasteiger partial charge on any atom is -0.380 e. The smallest absolute Gasteiger partial charge is 0.240 e. The summed E-state index contributed by atoms with van der Waals surface area (Å²) in [6.45, 7) is 5.62. The van der Waals surface area contributed by atoms with Crippen LogP contribution in [0.5, 0.6) is 0 Å². The van der Waals surface area contributed by atoms with Gasteiger partial charge in [0.2, 0.25) is 5.91 Å². The molecule has 15 heavy (non-hydrogen) atoms. The van der Waals surface area contributed by atoms with E-state index in [1.165, 1.54) is 0 Å². The van der Waals surface area contributed by atoms with E-state index in [2.05, 4.69) is 18.3 Å². The SMILES string of the molecule is CCOCCNC(=O)C1(C#N)CC(C)C1. The van der Waals surface area contributed by atoms with E-state index in [9.17, 15) is 4.79 Å². The van der Waals surface area contributed by atoms with Crippen LogP contribution in [0.1, 0.15) is 26.7 Å². The molecular formula is C11H18N2O2. The van der Waals surface area contributed by atoms with Gasteiger partial charge < -0.3 is 10.1 Å². The summed E-state index contributed by atoms with van der Waals surface area (Å²) >= 11 is 0. The first kappa shape index (κ1) is 12.0. The van der Waals surface area contributed by atoms with Crippen molar-refractivity contribution in [3.63, 3.8) is 0 Å². The van der Waals surface area contributed by atoms with Gasteiger partial charge in [0.25, 0.3) is 0 Å². The van der Waals surface area contributed by atoms with Crippen LogP contribution < -0.4 is 5.32 Å². The molecule has 1 aliphatic carbocycles. The maximum absolute atomic E-state index is 11.7. The molecule has 0 saturated heterocycles. The van der Waals surface area contributed by atoms with Crippen molar-refractivity contribution in [3.05, 3.63) is 0 Å². The third-order valence-electron chi connectivity index (χ3n) is 2.78. The van der Waals surface area contributed by atoms with Crippen molar-refractivity contribution in [2.75, 3.05) is 19.8 Å². The number of nitrogens with zero attached hydrogens (tertiary/aromatic N) is 1. The minimum atomic E-state index is -0.758. The Morgan fingerprint density at radius 2 is 2.33 bits per heavy atom. The molecule has 1 N–H and O–H groups in total. The maximum atomic E-state index is 11.7. The molecule has 1 fully saturated rings. The van der Waals surface area contributed by atoms with E-state index in [1.807, 2.05) is 6.92 Å². The van der Waals surface area contributed by atoms with Gasteiger partial charge in [-0.1, -0.05) is 6.92 Å². The van der Waals surface area contributed by atoms with Gasteiger partial charge in [0.15, 0.2) is 0 Å². The molecule has 4 heteroatoms. The highest BCUT2D eigenvalue weighted by molar-refractivity contribution is 5.86. The second kappa shape index (κ2) is 5.13. The van der Waals surface area contributed by atoms with Gasteiger partial charge in [-0.25, -0.2) is 0 Å². The first-order chi connectivity index (χ1) is 7.14. The molecule has 1 aliphatic rings. The largest absolute Gasteiger partial charge is 0.380 e. The minimum absolute atomic E-state index is 0.136. The molecule has 0 unspecified atom stereocenters. The standard InChI is InChI=1S/C11H18N2O2/c1-3-15-5-4-13-10(14)11(8-12)6-9(2)7-11/h9H,3-7H2,1-2H3,(H,13,14). The molecule has 84 valence electrons. The second-order valence-corrected chi connectivity index (χ2v) is 4.16. The monoisotopic (exact) mass is 210 g/mol. The zero-order valence-corrected chi connectivity index (χ0v) is 9.38. The van der Waals surface area contributed by atoms with E-state index < -0.39 is 5.41 Å². The summed E-state index contributed by atoms with van der Waals surface area (Å²) in [5.74, 6) is 0.352. The maximum Gasteiger partial charge on any atom is 0.240 e. The van der Waals surface area contributed by atoms with Crippen LogP contribution in [0.3, 0.4) is 0 Å². The Hall–Kier alpha value is -1.08. The predicted octanol–water partition coefficient (Wildman–Crippen LogP) is 1.08. The summed E-state index contributed by atoms with van der Waals surface area (Å²) in [6.07, 6.45) is 1.37. The molecule has 0 spiro atoms. The number of ether oxygens (including phenoxy) is 1. The lowest BCUT2D eigenvalue weighted by atomic mass is 9.63. The molecule has 1 saturated carbocycles. The number of hydrogen-bond donors (Lipinski definition) is 1. The Balaban J connectivity index is 2.30. The van der Waals surface area contributed by atoms with Gasteiger partial charge in [0.05, 0.1) is 12.7 Å². The van der Waals surface area contributed by atoms with Crippen molar-refractivity contribution >= 4 is 5.91 Å². The second-order valence-electron chi connectivity index (χ2n) is 4.16. The lowest BCUT2D eigenvalue weighted by Crippen LogP contribution is -2.48. The summed E-state index contributed by atoms with van der Waals surface area (Å²) in [5, 5.41) is 11.7. The van der Waals surface area contributed by atoms with Gasteiger partial charge in [0.1, 0.15) is 5.41 Å². The van der Waals surface area contributed by atoms with Gasteiger partial charge in [-0.3, -0.25) is 4.79 Å². The highest BCUT2D eigenvalue weighted by atomic mass is 16.5. The van der Waals surface area contributed by atoms with Crippen LogP contribution in [0, 0.1) is 22.7 Å². The van der Waals surface area contributed by atoms with Gasteiger partial charge in [-0.05, 0) is 25.7 Å². The van der Waals surface area contributed by atoms with Crippen molar-refractivity contribution in [2.24, 2.45) is 11.3 Å². The van der Waals surface area contributed by atoms with Gasteiger partial charge in [0, 0.05) is 13.2 Å². The van der Waals surface area contributed by atoms with Crippen molar-refractivity contribution in [1.82, 2.24) is 5.32 Å². The summed E-state index contributed by atoms with van der Waals surface area (Å²) in [4.78, 5) is 11.7. The average Bonchev–Trinajstić information content (AvgIpc) is 2.19.